The van der Waals surface area contributed by atoms with Crippen LogP contribution in [0.3, 0.4) is 0 Å². The van der Waals surface area contributed by atoms with Gasteiger partial charge in [-0.3, -0.25) is 4.79 Å². The third kappa shape index (κ3) is 4.33. The number of carboxylic acid groups (broad SMARTS) is 1. The molecule has 6 heteroatoms. The van der Waals surface area contributed by atoms with Gasteiger partial charge < -0.3 is 19.6 Å². The Hall–Kier alpha value is -1.30. The molecule has 21 heavy (non-hydrogen) atoms. The summed E-state index contributed by atoms with van der Waals surface area (Å²) in [6, 6.07) is -0.114. The normalized spacial score (nSPS) is 24.1. The summed E-state index contributed by atoms with van der Waals surface area (Å²) in [5.41, 5.74) is 0. The van der Waals surface area contributed by atoms with E-state index in [1.54, 1.807) is 12.0 Å². The third-order valence-electron chi connectivity index (χ3n) is 4.57. The number of likely N-dealkylation sites (tertiary alicyclic amines) is 2. The lowest BCUT2D eigenvalue weighted by Crippen LogP contribution is -2.52. The number of carbonyl (C=O) groups is 2. The molecule has 0 spiro atoms. The second-order valence-corrected chi connectivity index (χ2v) is 6.11. The summed E-state index contributed by atoms with van der Waals surface area (Å²) in [6.07, 6.45) is 4.79. The Bertz CT molecular complexity index is 367. The van der Waals surface area contributed by atoms with E-state index in [1.807, 2.05) is 4.90 Å². The van der Waals surface area contributed by atoms with Crippen LogP contribution in [0.1, 0.15) is 38.5 Å². The van der Waals surface area contributed by atoms with E-state index in [9.17, 15) is 9.59 Å². The molecule has 0 radical (unpaired) electrons. The summed E-state index contributed by atoms with van der Waals surface area (Å²) in [4.78, 5) is 27.3. The van der Waals surface area contributed by atoms with Gasteiger partial charge in [0.15, 0.2) is 0 Å². The van der Waals surface area contributed by atoms with Crippen molar-refractivity contribution in [3.8, 4) is 0 Å². The average molecular weight is 298 g/mol. The number of urea groups is 1. The standard InChI is InChI=1S/C15H26N2O4/c1-21-11-12-5-8-16(9-6-12)15(20)17-7-3-2-4-13(17)10-14(18)19/h12-13H,2-11H2,1H3,(H,18,19). The van der Waals surface area contributed by atoms with E-state index >= 15 is 0 Å². The molecule has 2 saturated heterocycles. The Kier molecular flexibility index (Phi) is 5.85. The molecule has 2 aliphatic rings. The maximum Gasteiger partial charge on any atom is 0.320 e. The first-order valence-electron chi connectivity index (χ1n) is 7.88. The maximum atomic E-state index is 12.6. The van der Waals surface area contributed by atoms with Crippen LogP contribution < -0.4 is 0 Å². The number of hydrogen-bond donors (Lipinski definition) is 1. The Labute approximate surface area is 126 Å². The molecule has 120 valence electrons. The SMILES string of the molecule is COCC1CCN(C(=O)N2CCCCC2CC(=O)O)CC1. The van der Waals surface area contributed by atoms with Crippen LogP contribution in [-0.2, 0) is 9.53 Å². The van der Waals surface area contributed by atoms with Gasteiger partial charge in [0.1, 0.15) is 0 Å². The number of piperidine rings is 2. The van der Waals surface area contributed by atoms with Gasteiger partial charge in [-0.15, -0.1) is 0 Å². The monoisotopic (exact) mass is 298 g/mol. The van der Waals surface area contributed by atoms with E-state index in [4.69, 9.17) is 9.84 Å². The fourth-order valence-electron chi connectivity index (χ4n) is 3.37. The topological polar surface area (TPSA) is 70.1 Å². The zero-order valence-electron chi connectivity index (χ0n) is 12.8. The molecule has 0 saturated carbocycles. The first-order chi connectivity index (χ1) is 10.1. The quantitative estimate of drug-likeness (QED) is 0.859. The minimum atomic E-state index is -0.821. The Morgan fingerprint density at radius 1 is 1.14 bits per heavy atom. The Morgan fingerprint density at radius 2 is 1.86 bits per heavy atom. The van der Waals surface area contributed by atoms with E-state index in [0.29, 0.717) is 12.5 Å². The zero-order chi connectivity index (χ0) is 15.2. The summed E-state index contributed by atoms with van der Waals surface area (Å²) in [7, 11) is 1.71. The molecule has 0 aromatic carbocycles. The number of carboxylic acids is 1. The van der Waals surface area contributed by atoms with Crippen LogP contribution in [-0.4, -0.2) is 66.3 Å². The van der Waals surface area contributed by atoms with Crippen LogP contribution in [0.25, 0.3) is 0 Å². The van der Waals surface area contributed by atoms with Crippen LogP contribution in [0.5, 0.6) is 0 Å². The van der Waals surface area contributed by atoms with Crippen molar-refractivity contribution >= 4 is 12.0 Å². The van der Waals surface area contributed by atoms with Crippen molar-refractivity contribution < 1.29 is 19.4 Å². The smallest absolute Gasteiger partial charge is 0.320 e. The van der Waals surface area contributed by atoms with Gasteiger partial charge in [0.2, 0.25) is 0 Å². The molecule has 0 aromatic heterocycles. The Balaban J connectivity index is 1.90. The fourth-order valence-corrected chi connectivity index (χ4v) is 3.37. The third-order valence-corrected chi connectivity index (χ3v) is 4.57. The summed E-state index contributed by atoms with van der Waals surface area (Å²) in [5.74, 6) is -0.284. The molecular weight excluding hydrogens is 272 g/mol. The minimum absolute atomic E-state index is 0.0248. The second kappa shape index (κ2) is 7.64. The Morgan fingerprint density at radius 3 is 2.48 bits per heavy atom. The predicted octanol–water partition coefficient (Wildman–Crippen LogP) is 1.79. The molecule has 0 bridgehead atoms. The molecule has 2 fully saturated rings. The number of nitrogens with zero attached hydrogens (tertiary/aromatic N) is 2. The summed E-state index contributed by atoms with van der Waals surface area (Å²) < 4.78 is 5.18. The lowest BCUT2D eigenvalue weighted by Gasteiger charge is -2.40. The minimum Gasteiger partial charge on any atom is -0.481 e. The summed E-state index contributed by atoms with van der Waals surface area (Å²) in [5, 5.41) is 9.00. The number of methoxy groups -OCH3 is 1. The van der Waals surface area contributed by atoms with Crippen molar-refractivity contribution in [2.75, 3.05) is 33.4 Å². The maximum absolute atomic E-state index is 12.6. The molecule has 0 aromatic rings. The van der Waals surface area contributed by atoms with Crippen molar-refractivity contribution in [1.29, 1.82) is 0 Å². The number of rotatable bonds is 4. The van der Waals surface area contributed by atoms with Crippen LogP contribution >= 0.6 is 0 Å². The highest BCUT2D eigenvalue weighted by molar-refractivity contribution is 5.76. The van der Waals surface area contributed by atoms with Crippen LogP contribution in [0, 0.1) is 5.92 Å². The lowest BCUT2D eigenvalue weighted by molar-refractivity contribution is -0.138. The van der Waals surface area contributed by atoms with Crippen LogP contribution in [0.4, 0.5) is 4.79 Å². The van der Waals surface area contributed by atoms with E-state index in [2.05, 4.69) is 0 Å². The molecule has 1 N–H and O–H groups in total. The number of hydrogen-bond acceptors (Lipinski definition) is 3. The average Bonchev–Trinajstić information content (AvgIpc) is 2.48. The highest BCUT2D eigenvalue weighted by Crippen LogP contribution is 2.24. The van der Waals surface area contributed by atoms with Crippen molar-refractivity contribution in [2.45, 2.75) is 44.6 Å². The van der Waals surface area contributed by atoms with E-state index < -0.39 is 5.97 Å². The highest BCUT2D eigenvalue weighted by Gasteiger charge is 2.32. The van der Waals surface area contributed by atoms with E-state index in [-0.39, 0.29) is 18.5 Å². The van der Waals surface area contributed by atoms with Gasteiger partial charge in [-0.2, -0.15) is 0 Å². The summed E-state index contributed by atoms with van der Waals surface area (Å²) >= 11 is 0. The molecule has 6 nitrogen and oxygen atoms in total. The zero-order valence-corrected chi connectivity index (χ0v) is 12.8. The molecule has 2 amide bonds. The lowest BCUT2D eigenvalue weighted by atomic mass is 9.97. The summed E-state index contributed by atoms with van der Waals surface area (Å²) in [6.45, 7) is 2.95. The highest BCUT2D eigenvalue weighted by atomic mass is 16.5. The van der Waals surface area contributed by atoms with Gasteiger partial charge in [-0.1, -0.05) is 0 Å². The van der Waals surface area contributed by atoms with Gasteiger partial charge in [-0.25, -0.2) is 4.79 Å². The van der Waals surface area contributed by atoms with Crippen molar-refractivity contribution in [2.24, 2.45) is 5.92 Å². The largest absolute Gasteiger partial charge is 0.481 e. The van der Waals surface area contributed by atoms with Gasteiger partial charge >= 0.3 is 12.0 Å². The van der Waals surface area contributed by atoms with Gasteiger partial charge in [0.25, 0.3) is 0 Å². The number of carbonyl (C=O) groups excluding carboxylic acids is 1. The fraction of sp³-hybridized carbons (Fsp3) is 0.867. The molecule has 1 atom stereocenters. The van der Waals surface area contributed by atoms with Crippen molar-refractivity contribution in [3.05, 3.63) is 0 Å². The molecule has 2 rings (SSSR count). The number of aliphatic carboxylic acids is 1. The van der Waals surface area contributed by atoms with Gasteiger partial charge in [0.05, 0.1) is 6.42 Å². The van der Waals surface area contributed by atoms with Crippen molar-refractivity contribution in [3.63, 3.8) is 0 Å². The molecular formula is C15H26N2O4. The van der Waals surface area contributed by atoms with Gasteiger partial charge in [0, 0.05) is 39.4 Å². The second-order valence-electron chi connectivity index (χ2n) is 6.11. The van der Waals surface area contributed by atoms with Crippen LogP contribution in [0.15, 0.2) is 0 Å². The predicted molar refractivity (Wildman–Crippen MR) is 78.2 cm³/mol. The molecule has 2 aliphatic heterocycles. The first-order valence-corrected chi connectivity index (χ1v) is 7.88. The number of amides is 2. The molecule has 1 unspecified atom stereocenters. The first kappa shape index (κ1) is 16.1. The van der Waals surface area contributed by atoms with E-state index in [1.165, 1.54) is 0 Å². The van der Waals surface area contributed by atoms with Gasteiger partial charge in [-0.05, 0) is 38.0 Å². The van der Waals surface area contributed by atoms with E-state index in [0.717, 1.165) is 51.8 Å². The van der Waals surface area contributed by atoms with Crippen molar-refractivity contribution in [1.82, 2.24) is 9.80 Å². The number of ether oxygens (including phenoxy) is 1. The molecule has 0 aliphatic carbocycles. The van der Waals surface area contributed by atoms with Crippen LogP contribution in [0.2, 0.25) is 0 Å². The molecule has 2 heterocycles.